The normalized spacial score (nSPS) is 17.3. The van der Waals surface area contributed by atoms with Crippen LogP contribution in [0, 0.1) is 0 Å². The zero-order chi connectivity index (χ0) is 10.9. The van der Waals surface area contributed by atoms with Gasteiger partial charge in [0.15, 0.2) is 0 Å². The van der Waals surface area contributed by atoms with Crippen molar-refractivity contribution in [1.29, 1.82) is 0 Å². The third-order valence-electron chi connectivity index (χ3n) is 2.69. The number of hydrogen-bond donors (Lipinski definition) is 2. The molecule has 1 aliphatic carbocycles. The van der Waals surface area contributed by atoms with Crippen molar-refractivity contribution in [2.45, 2.75) is 18.4 Å². The Balaban J connectivity index is 1.99. The molecular weight excluding hydrogens is 212 g/mol. The molecule has 0 spiro atoms. The lowest BCUT2D eigenvalue weighted by Crippen LogP contribution is -2.31. The van der Waals surface area contributed by atoms with Crippen LogP contribution in [0.4, 0.5) is 5.69 Å². The van der Waals surface area contributed by atoms with Crippen molar-refractivity contribution in [2.75, 3.05) is 19.0 Å². The Morgan fingerprint density at radius 3 is 2.80 bits per heavy atom. The van der Waals surface area contributed by atoms with Crippen LogP contribution < -0.4 is 15.8 Å². The lowest BCUT2D eigenvalue weighted by molar-refractivity contribution is 0.415. The zero-order valence-electron chi connectivity index (χ0n) is 8.72. The Bertz CT molecular complexity index is 364. The van der Waals surface area contributed by atoms with Crippen LogP contribution in [0.1, 0.15) is 12.8 Å². The number of halogens is 1. The summed E-state index contributed by atoms with van der Waals surface area (Å²) in [5.41, 5.74) is 6.96. The maximum Gasteiger partial charge on any atom is 0.137 e. The quantitative estimate of drug-likeness (QED) is 0.828. The number of methoxy groups -OCH3 is 1. The highest BCUT2D eigenvalue weighted by Crippen LogP contribution is 2.33. The lowest BCUT2D eigenvalue weighted by Gasteiger charge is -2.12. The van der Waals surface area contributed by atoms with Gasteiger partial charge in [-0.1, -0.05) is 11.6 Å². The second-order valence-corrected chi connectivity index (χ2v) is 4.47. The minimum atomic E-state index is 0.00635. The number of ether oxygens (including phenoxy) is 1. The molecule has 4 heteroatoms. The molecule has 82 valence electrons. The first kappa shape index (κ1) is 10.6. The van der Waals surface area contributed by atoms with Gasteiger partial charge in [0, 0.05) is 17.8 Å². The first-order valence-corrected chi connectivity index (χ1v) is 5.37. The molecule has 1 fully saturated rings. The molecule has 2 rings (SSSR count). The highest BCUT2D eigenvalue weighted by molar-refractivity contribution is 6.32. The summed E-state index contributed by atoms with van der Waals surface area (Å²) in [5, 5.41) is 3.89. The van der Waals surface area contributed by atoms with Crippen molar-refractivity contribution in [2.24, 2.45) is 5.73 Å². The van der Waals surface area contributed by atoms with E-state index in [9.17, 15) is 0 Å². The highest BCUT2D eigenvalue weighted by Gasteiger charge is 2.37. The molecule has 0 heterocycles. The first-order valence-electron chi connectivity index (χ1n) is 4.99. The fourth-order valence-corrected chi connectivity index (χ4v) is 1.65. The van der Waals surface area contributed by atoms with Crippen molar-refractivity contribution in [3.05, 3.63) is 23.2 Å². The number of anilines is 1. The van der Waals surface area contributed by atoms with Crippen molar-refractivity contribution in [3.63, 3.8) is 0 Å². The molecule has 0 radical (unpaired) electrons. The minimum Gasteiger partial charge on any atom is -0.495 e. The van der Waals surface area contributed by atoms with E-state index in [-0.39, 0.29) is 5.54 Å². The molecule has 0 amide bonds. The summed E-state index contributed by atoms with van der Waals surface area (Å²) in [6.07, 6.45) is 2.20. The summed E-state index contributed by atoms with van der Waals surface area (Å²) in [5.74, 6) is 0.691. The molecule has 3 nitrogen and oxygen atoms in total. The molecule has 0 saturated heterocycles. The van der Waals surface area contributed by atoms with E-state index in [0.29, 0.717) is 10.8 Å². The average Bonchev–Trinajstić information content (AvgIpc) is 2.95. The second kappa shape index (κ2) is 3.91. The highest BCUT2D eigenvalue weighted by atomic mass is 35.5. The molecular formula is C11H15ClN2O. The van der Waals surface area contributed by atoms with E-state index in [4.69, 9.17) is 22.1 Å². The predicted octanol–water partition coefficient (Wildman–Crippen LogP) is 2.25. The summed E-state index contributed by atoms with van der Waals surface area (Å²) in [6.45, 7) is 0.801. The molecule has 1 aromatic carbocycles. The third-order valence-corrected chi connectivity index (χ3v) is 2.98. The van der Waals surface area contributed by atoms with Crippen molar-refractivity contribution in [1.82, 2.24) is 0 Å². The van der Waals surface area contributed by atoms with Crippen LogP contribution in [0.15, 0.2) is 18.2 Å². The van der Waals surface area contributed by atoms with E-state index in [0.717, 1.165) is 25.1 Å². The monoisotopic (exact) mass is 226 g/mol. The summed E-state index contributed by atoms with van der Waals surface area (Å²) < 4.78 is 5.07. The summed E-state index contributed by atoms with van der Waals surface area (Å²) in [4.78, 5) is 0. The minimum absolute atomic E-state index is 0.00635. The van der Waals surface area contributed by atoms with Gasteiger partial charge >= 0.3 is 0 Å². The number of nitrogens with two attached hydrogens (primary N) is 1. The van der Waals surface area contributed by atoms with Crippen LogP contribution in [0.2, 0.25) is 5.02 Å². The summed E-state index contributed by atoms with van der Waals surface area (Å²) in [6, 6.07) is 5.64. The Labute approximate surface area is 94.6 Å². The summed E-state index contributed by atoms with van der Waals surface area (Å²) in [7, 11) is 1.60. The van der Waals surface area contributed by atoms with Gasteiger partial charge in [0.1, 0.15) is 5.75 Å². The molecule has 0 aliphatic heterocycles. The van der Waals surface area contributed by atoms with Gasteiger partial charge in [0.05, 0.1) is 12.1 Å². The fourth-order valence-electron chi connectivity index (χ4n) is 1.39. The SMILES string of the molecule is COc1ccc(NCC2(N)CC2)cc1Cl. The van der Waals surface area contributed by atoms with Crippen LogP contribution in [-0.4, -0.2) is 19.2 Å². The number of nitrogens with one attached hydrogen (secondary N) is 1. The molecule has 1 aliphatic rings. The fraction of sp³-hybridized carbons (Fsp3) is 0.455. The zero-order valence-corrected chi connectivity index (χ0v) is 9.47. The van der Waals surface area contributed by atoms with Crippen LogP contribution >= 0.6 is 11.6 Å². The number of rotatable bonds is 4. The third kappa shape index (κ3) is 2.55. The van der Waals surface area contributed by atoms with Crippen molar-refractivity contribution >= 4 is 17.3 Å². The summed E-state index contributed by atoms with van der Waals surface area (Å²) >= 11 is 6.00. The van der Waals surface area contributed by atoms with Gasteiger partial charge in [-0.3, -0.25) is 0 Å². The van der Waals surface area contributed by atoms with E-state index >= 15 is 0 Å². The van der Waals surface area contributed by atoms with Crippen LogP contribution in [-0.2, 0) is 0 Å². The molecule has 1 saturated carbocycles. The largest absolute Gasteiger partial charge is 0.495 e. The van der Waals surface area contributed by atoms with Gasteiger partial charge in [-0.2, -0.15) is 0 Å². The van der Waals surface area contributed by atoms with Crippen LogP contribution in [0.25, 0.3) is 0 Å². The molecule has 15 heavy (non-hydrogen) atoms. The van der Waals surface area contributed by atoms with Gasteiger partial charge < -0.3 is 15.8 Å². The van der Waals surface area contributed by atoms with Gasteiger partial charge in [0.25, 0.3) is 0 Å². The smallest absolute Gasteiger partial charge is 0.137 e. The van der Waals surface area contributed by atoms with E-state index in [1.165, 1.54) is 0 Å². The first-order chi connectivity index (χ1) is 7.13. The topological polar surface area (TPSA) is 47.3 Å². The van der Waals surface area contributed by atoms with Gasteiger partial charge in [0.2, 0.25) is 0 Å². The maximum atomic E-state index is 6.00. The number of hydrogen-bond acceptors (Lipinski definition) is 3. The lowest BCUT2D eigenvalue weighted by atomic mass is 10.2. The Hall–Kier alpha value is -0.930. The van der Waals surface area contributed by atoms with Crippen LogP contribution in [0.5, 0.6) is 5.75 Å². The van der Waals surface area contributed by atoms with E-state index in [1.807, 2.05) is 18.2 Å². The van der Waals surface area contributed by atoms with E-state index in [2.05, 4.69) is 5.32 Å². The predicted molar refractivity (Wildman–Crippen MR) is 62.6 cm³/mol. The standard InChI is InChI=1S/C11H15ClN2O/c1-15-10-3-2-8(6-9(10)12)14-7-11(13)4-5-11/h2-3,6,14H,4-5,7,13H2,1H3. The maximum absolute atomic E-state index is 6.00. The van der Waals surface area contributed by atoms with Crippen LogP contribution in [0.3, 0.4) is 0 Å². The van der Waals surface area contributed by atoms with Crippen molar-refractivity contribution in [3.8, 4) is 5.75 Å². The van der Waals surface area contributed by atoms with Gasteiger partial charge in [-0.05, 0) is 31.0 Å². The number of benzene rings is 1. The average molecular weight is 227 g/mol. The second-order valence-electron chi connectivity index (χ2n) is 4.07. The van der Waals surface area contributed by atoms with E-state index < -0.39 is 0 Å². The Morgan fingerprint density at radius 1 is 1.53 bits per heavy atom. The Morgan fingerprint density at radius 2 is 2.27 bits per heavy atom. The van der Waals surface area contributed by atoms with Gasteiger partial charge in [-0.15, -0.1) is 0 Å². The van der Waals surface area contributed by atoms with Crippen molar-refractivity contribution < 1.29 is 4.74 Å². The molecule has 0 unspecified atom stereocenters. The van der Waals surface area contributed by atoms with E-state index in [1.54, 1.807) is 7.11 Å². The molecule has 0 atom stereocenters. The molecule has 3 N–H and O–H groups in total. The molecule has 0 aromatic heterocycles. The Kier molecular flexibility index (Phi) is 2.76. The molecule has 1 aromatic rings. The molecule has 0 bridgehead atoms. The van der Waals surface area contributed by atoms with Gasteiger partial charge in [-0.25, -0.2) is 0 Å².